The highest BCUT2D eigenvalue weighted by atomic mass is 32.1. The summed E-state index contributed by atoms with van der Waals surface area (Å²) in [6.07, 6.45) is 6.17. The highest BCUT2D eigenvalue weighted by Gasteiger charge is 2.27. The maximum Gasteiger partial charge on any atom is 0.188 e. The van der Waals surface area contributed by atoms with Crippen molar-refractivity contribution in [1.29, 1.82) is 0 Å². The number of carbonyl (C=O) groups is 1. The molecule has 3 nitrogen and oxygen atoms in total. The molecule has 0 radical (unpaired) electrons. The summed E-state index contributed by atoms with van der Waals surface area (Å²) in [4.78, 5) is 15.4. The lowest BCUT2D eigenvalue weighted by Gasteiger charge is -2.32. The van der Waals surface area contributed by atoms with E-state index in [4.69, 9.17) is 12.2 Å². The molecular formula is C26H30N2OS. The smallest absolute Gasteiger partial charge is 0.188 e. The number of thiocarbonyl (C=S) groups is 1. The van der Waals surface area contributed by atoms with E-state index in [1.165, 1.54) is 11.1 Å². The second-order valence-corrected chi connectivity index (χ2v) is 8.32. The van der Waals surface area contributed by atoms with Crippen molar-refractivity contribution in [2.45, 2.75) is 33.6 Å². The van der Waals surface area contributed by atoms with Gasteiger partial charge in [-0.05, 0) is 55.8 Å². The number of nitrogens with one attached hydrogen (secondary N) is 1. The predicted molar refractivity (Wildman–Crippen MR) is 130 cm³/mol. The SMILES string of the molecule is CCCCNC(=S)N1C/C(=C\c2ccc(C)cc2)C(=O)/C(=C/c2ccc(C)cc2)C1. The predicted octanol–water partition coefficient (Wildman–Crippen LogP) is 5.33. The van der Waals surface area contributed by atoms with Crippen LogP contribution in [0.2, 0.25) is 0 Å². The van der Waals surface area contributed by atoms with E-state index in [1.807, 2.05) is 12.2 Å². The third-order valence-electron chi connectivity index (χ3n) is 5.24. The molecule has 1 saturated heterocycles. The largest absolute Gasteiger partial charge is 0.363 e. The Morgan fingerprint density at radius 2 is 1.40 bits per heavy atom. The summed E-state index contributed by atoms with van der Waals surface area (Å²) in [7, 11) is 0. The van der Waals surface area contributed by atoms with Crippen LogP contribution < -0.4 is 5.32 Å². The summed E-state index contributed by atoms with van der Waals surface area (Å²) < 4.78 is 0. The van der Waals surface area contributed by atoms with Crippen molar-refractivity contribution < 1.29 is 4.79 Å². The minimum absolute atomic E-state index is 0.101. The fourth-order valence-corrected chi connectivity index (χ4v) is 3.63. The molecule has 0 saturated carbocycles. The molecule has 156 valence electrons. The van der Waals surface area contributed by atoms with Crippen molar-refractivity contribution in [2.24, 2.45) is 0 Å². The average Bonchev–Trinajstić information content (AvgIpc) is 2.74. The highest BCUT2D eigenvalue weighted by molar-refractivity contribution is 7.80. The third-order valence-corrected chi connectivity index (χ3v) is 5.64. The summed E-state index contributed by atoms with van der Waals surface area (Å²) in [6, 6.07) is 16.5. The summed E-state index contributed by atoms with van der Waals surface area (Å²) in [5, 5.41) is 4.05. The lowest BCUT2D eigenvalue weighted by molar-refractivity contribution is -0.113. The fourth-order valence-electron chi connectivity index (χ4n) is 3.39. The molecule has 1 aliphatic heterocycles. The van der Waals surface area contributed by atoms with Crippen molar-refractivity contribution in [1.82, 2.24) is 10.2 Å². The lowest BCUT2D eigenvalue weighted by atomic mass is 9.94. The number of nitrogens with zero attached hydrogens (tertiary/aromatic N) is 1. The normalized spacial score (nSPS) is 16.9. The Morgan fingerprint density at radius 3 is 1.83 bits per heavy atom. The van der Waals surface area contributed by atoms with E-state index in [1.54, 1.807) is 0 Å². The molecule has 1 aliphatic rings. The van der Waals surface area contributed by atoms with Gasteiger partial charge < -0.3 is 10.2 Å². The van der Waals surface area contributed by atoms with Crippen LogP contribution in [0, 0.1) is 13.8 Å². The standard InChI is InChI=1S/C26H30N2OS/c1-4-5-14-27-26(30)28-17-23(15-21-10-6-19(2)7-11-21)25(29)24(18-28)16-22-12-8-20(3)9-13-22/h6-13,15-16H,4-5,14,17-18H2,1-3H3,(H,27,30)/b23-15+,24-16+. The van der Waals surface area contributed by atoms with Gasteiger partial charge >= 0.3 is 0 Å². The molecule has 0 atom stereocenters. The zero-order valence-electron chi connectivity index (χ0n) is 18.1. The first-order valence-electron chi connectivity index (χ1n) is 10.6. The monoisotopic (exact) mass is 418 g/mol. The molecule has 0 amide bonds. The van der Waals surface area contributed by atoms with Crippen molar-refractivity contribution >= 4 is 35.3 Å². The van der Waals surface area contributed by atoms with Crippen LogP contribution >= 0.6 is 12.2 Å². The van der Waals surface area contributed by atoms with E-state index in [9.17, 15) is 4.79 Å². The van der Waals surface area contributed by atoms with Crippen molar-refractivity contribution in [3.8, 4) is 0 Å². The first-order valence-corrected chi connectivity index (χ1v) is 11.0. The number of unbranched alkanes of at least 4 members (excludes halogenated alkanes) is 1. The molecule has 0 aliphatic carbocycles. The number of hydrogen-bond donors (Lipinski definition) is 1. The highest BCUT2D eigenvalue weighted by Crippen LogP contribution is 2.22. The Morgan fingerprint density at radius 1 is 0.933 bits per heavy atom. The minimum atomic E-state index is 0.101. The number of likely N-dealkylation sites (tertiary alicyclic amines) is 1. The van der Waals surface area contributed by atoms with Crippen LogP contribution in [0.4, 0.5) is 0 Å². The first-order chi connectivity index (χ1) is 14.5. The number of ketones is 1. The van der Waals surface area contributed by atoms with E-state index < -0.39 is 0 Å². The Hall–Kier alpha value is -2.72. The van der Waals surface area contributed by atoms with Crippen molar-refractivity contribution in [2.75, 3.05) is 19.6 Å². The van der Waals surface area contributed by atoms with Crippen molar-refractivity contribution in [3.05, 3.63) is 81.9 Å². The van der Waals surface area contributed by atoms with E-state index >= 15 is 0 Å². The van der Waals surface area contributed by atoms with Gasteiger partial charge in [0, 0.05) is 30.8 Å². The molecule has 0 bridgehead atoms. The Labute approximate surface area is 185 Å². The number of Topliss-reactive ketones (excluding diaryl/α,β-unsaturated/α-hetero) is 1. The number of hydrogen-bond acceptors (Lipinski definition) is 2. The van der Waals surface area contributed by atoms with Crippen LogP contribution in [0.1, 0.15) is 42.0 Å². The van der Waals surface area contributed by atoms with Gasteiger partial charge in [-0.2, -0.15) is 0 Å². The van der Waals surface area contributed by atoms with Gasteiger partial charge in [0.15, 0.2) is 10.9 Å². The number of aryl methyl sites for hydroxylation is 2. The van der Waals surface area contributed by atoms with E-state index in [0.29, 0.717) is 18.2 Å². The first kappa shape index (κ1) is 22.0. The number of piperidine rings is 1. The van der Waals surface area contributed by atoms with Gasteiger partial charge in [0.05, 0.1) is 0 Å². The van der Waals surface area contributed by atoms with Crippen LogP contribution in [0.15, 0.2) is 59.7 Å². The van der Waals surface area contributed by atoms with Crippen LogP contribution in [0.3, 0.4) is 0 Å². The Bertz CT molecular complexity index is 888. The van der Waals surface area contributed by atoms with Gasteiger partial charge in [-0.3, -0.25) is 4.79 Å². The quantitative estimate of drug-likeness (QED) is 0.404. The molecule has 0 spiro atoms. The molecular weight excluding hydrogens is 388 g/mol. The van der Waals surface area contributed by atoms with Crippen LogP contribution in [0.5, 0.6) is 0 Å². The Balaban J connectivity index is 1.90. The minimum Gasteiger partial charge on any atom is -0.363 e. The topological polar surface area (TPSA) is 32.3 Å². The van der Waals surface area contributed by atoms with Gasteiger partial charge in [0.25, 0.3) is 0 Å². The molecule has 4 heteroatoms. The van der Waals surface area contributed by atoms with Crippen LogP contribution in [0.25, 0.3) is 12.2 Å². The number of rotatable bonds is 5. The molecule has 1 fully saturated rings. The molecule has 0 unspecified atom stereocenters. The van der Waals surface area contributed by atoms with Crippen molar-refractivity contribution in [3.63, 3.8) is 0 Å². The van der Waals surface area contributed by atoms with E-state index in [2.05, 4.69) is 79.5 Å². The number of benzene rings is 2. The van der Waals surface area contributed by atoms with Crippen LogP contribution in [-0.4, -0.2) is 35.4 Å². The number of carbonyl (C=O) groups excluding carboxylic acids is 1. The third kappa shape index (κ3) is 5.90. The molecule has 0 aromatic heterocycles. The molecule has 2 aromatic carbocycles. The summed E-state index contributed by atoms with van der Waals surface area (Å²) in [5.74, 6) is 0.101. The van der Waals surface area contributed by atoms with Gasteiger partial charge in [-0.25, -0.2) is 0 Å². The average molecular weight is 419 g/mol. The van der Waals surface area contributed by atoms with Gasteiger partial charge in [0.2, 0.25) is 0 Å². The van der Waals surface area contributed by atoms with E-state index in [0.717, 1.165) is 41.7 Å². The lowest BCUT2D eigenvalue weighted by Crippen LogP contribution is -2.46. The van der Waals surface area contributed by atoms with E-state index in [-0.39, 0.29) is 5.78 Å². The molecule has 2 aromatic rings. The zero-order chi connectivity index (χ0) is 21.5. The molecule has 3 rings (SSSR count). The second kappa shape index (κ2) is 10.4. The Kier molecular flexibility index (Phi) is 7.58. The van der Waals surface area contributed by atoms with Crippen LogP contribution in [-0.2, 0) is 4.79 Å². The maximum absolute atomic E-state index is 13.3. The van der Waals surface area contributed by atoms with Gasteiger partial charge in [-0.15, -0.1) is 0 Å². The van der Waals surface area contributed by atoms with Gasteiger partial charge in [-0.1, -0.05) is 73.0 Å². The summed E-state index contributed by atoms with van der Waals surface area (Å²) >= 11 is 5.64. The second-order valence-electron chi connectivity index (χ2n) is 7.93. The fraction of sp³-hybridized carbons (Fsp3) is 0.308. The zero-order valence-corrected chi connectivity index (χ0v) is 18.9. The summed E-state index contributed by atoms with van der Waals surface area (Å²) in [5.41, 5.74) is 6.01. The molecule has 1 N–H and O–H groups in total. The molecule has 1 heterocycles. The maximum atomic E-state index is 13.3. The summed E-state index contributed by atoms with van der Waals surface area (Å²) in [6.45, 7) is 8.19. The van der Waals surface area contributed by atoms with Gasteiger partial charge in [0.1, 0.15) is 0 Å². The molecule has 30 heavy (non-hydrogen) atoms.